The molecule has 2 rings (SSSR count). The van der Waals surface area contributed by atoms with Crippen molar-refractivity contribution in [3.05, 3.63) is 34.3 Å². The second kappa shape index (κ2) is 4.67. The Hall–Kier alpha value is -0.340. The van der Waals surface area contributed by atoms with Gasteiger partial charge in [-0.15, -0.1) is 0 Å². The topological polar surface area (TPSA) is 26.0 Å². The van der Waals surface area contributed by atoms with Crippen molar-refractivity contribution in [2.75, 3.05) is 6.54 Å². The van der Waals surface area contributed by atoms with Crippen molar-refractivity contribution < 1.29 is 0 Å². The molecule has 0 amide bonds. The zero-order chi connectivity index (χ0) is 10.7. The first-order valence-corrected chi connectivity index (χ1v) is 6.52. The molecule has 0 atom stereocenters. The molecule has 82 valence electrons. The minimum atomic E-state index is 0.384. The zero-order valence-corrected chi connectivity index (χ0v) is 10.6. The normalized spacial score (nSPS) is 19.3. The van der Waals surface area contributed by atoms with Gasteiger partial charge in [-0.05, 0) is 48.9 Å². The van der Waals surface area contributed by atoms with Crippen LogP contribution in [0.3, 0.4) is 0 Å². The third kappa shape index (κ3) is 2.26. The number of halogens is 1. The van der Waals surface area contributed by atoms with E-state index in [2.05, 4.69) is 40.2 Å². The largest absolute Gasteiger partial charge is 0.330 e. The second-order valence-electron chi connectivity index (χ2n) is 4.53. The molecule has 1 aromatic rings. The molecule has 0 aromatic heterocycles. The van der Waals surface area contributed by atoms with Crippen molar-refractivity contribution in [3.63, 3.8) is 0 Å². The van der Waals surface area contributed by atoms with Crippen LogP contribution in [-0.4, -0.2) is 6.54 Å². The average molecular weight is 268 g/mol. The molecule has 0 saturated heterocycles. The van der Waals surface area contributed by atoms with Crippen LogP contribution in [-0.2, 0) is 5.41 Å². The number of rotatable bonds is 3. The molecule has 1 saturated carbocycles. The molecule has 2 N–H and O–H groups in total. The van der Waals surface area contributed by atoms with E-state index in [0.29, 0.717) is 5.41 Å². The van der Waals surface area contributed by atoms with Crippen LogP contribution in [0.1, 0.15) is 37.7 Å². The van der Waals surface area contributed by atoms with Crippen molar-refractivity contribution in [2.24, 2.45) is 5.73 Å². The van der Waals surface area contributed by atoms with E-state index in [0.717, 1.165) is 17.4 Å². The molecular formula is C13H18BrN. The number of nitrogens with two attached hydrogens (primary N) is 1. The maximum atomic E-state index is 5.75. The molecule has 0 unspecified atom stereocenters. The van der Waals surface area contributed by atoms with Gasteiger partial charge in [-0.2, -0.15) is 0 Å². The number of hydrogen-bond acceptors (Lipinski definition) is 1. The Bertz CT molecular complexity index is 312. The van der Waals surface area contributed by atoms with Crippen LogP contribution < -0.4 is 5.73 Å². The van der Waals surface area contributed by atoms with Crippen molar-refractivity contribution in [3.8, 4) is 0 Å². The van der Waals surface area contributed by atoms with E-state index in [4.69, 9.17) is 5.73 Å². The van der Waals surface area contributed by atoms with Gasteiger partial charge in [0, 0.05) is 4.47 Å². The van der Waals surface area contributed by atoms with Gasteiger partial charge in [-0.25, -0.2) is 0 Å². The summed E-state index contributed by atoms with van der Waals surface area (Å²) in [5, 5.41) is 0. The average Bonchev–Trinajstić information content (AvgIpc) is 2.69. The summed E-state index contributed by atoms with van der Waals surface area (Å²) in [7, 11) is 0. The van der Waals surface area contributed by atoms with E-state index in [-0.39, 0.29) is 0 Å². The summed E-state index contributed by atoms with van der Waals surface area (Å²) in [6.45, 7) is 0.802. The van der Waals surface area contributed by atoms with E-state index >= 15 is 0 Å². The number of hydrogen-bond donors (Lipinski definition) is 1. The molecule has 1 fully saturated rings. The van der Waals surface area contributed by atoms with Crippen molar-refractivity contribution in [2.45, 2.75) is 37.5 Å². The molecule has 1 aromatic carbocycles. The van der Waals surface area contributed by atoms with Gasteiger partial charge in [0.1, 0.15) is 0 Å². The first kappa shape index (κ1) is 11.2. The molecule has 1 aliphatic rings. The second-order valence-corrected chi connectivity index (χ2v) is 5.45. The molecule has 1 nitrogen and oxygen atoms in total. The monoisotopic (exact) mass is 267 g/mol. The smallest absolute Gasteiger partial charge is 0.0175 e. The maximum absolute atomic E-state index is 5.75. The Balaban J connectivity index is 2.28. The van der Waals surface area contributed by atoms with Crippen LogP contribution in [0.5, 0.6) is 0 Å². The molecule has 0 radical (unpaired) electrons. The molecule has 0 heterocycles. The van der Waals surface area contributed by atoms with Crippen molar-refractivity contribution in [1.29, 1.82) is 0 Å². The highest BCUT2D eigenvalue weighted by molar-refractivity contribution is 9.10. The highest BCUT2D eigenvalue weighted by Crippen LogP contribution is 2.43. The van der Waals surface area contributed by atoms with Crippen LogP contribution in [0.25, 0.3) is 0 Å². The van der Waals surface area contributed by atoms with Gasteiger partial charge in [0.15, 0.2) is 0 Å². The highest BCUT2D eigenvalue weighted by Gasteiger charge is 2.34. The first-order chi connectivity index (χ1) is 7.27. The van der Waals surface area contributed by atoms with E-state index in [9.17, 15) is 0 Å². The predicted molar refractivity (Wildman–Crippen MR) is 68.0 cm³/mol. The van der Waals surface area contributed by atoms with Crippen LogP contribution in [0.2, 0.25) is 0 Å². The molecule has 1 aliphatic carbocycles. The predicted octanol–water partition coefficient (Wildman–Crippen LogP) is 3.61. The first-order valence-electron chi connectivity index (χ1n) is 5.73. The highest BCUT2D eigenvalue weighted by atomic mass is 79.9. The fourth-order valence-electron chi connectivity index (χ4n) is 2.81. The molecular weight excluding hydrogens is 250 g/mol. The lowest BCUT2D eigenvalue weighted by atomic mass is 9.76. The third-order valence-corrected chi connectivity index (χ3v) is 4.17. The van der Waals surface area contributed by atoms with E-state index in [1.807, 2.05) is 0 Å². The van der Waals surface area contributed by atoms with Crippen LogP contribution in [0, 0.1) is 0 Å². The summed E-state index contributed by atoms with van der Waals surface area (Å²) < 4.78 is 1.16. The van der Waals surface area contributed by atoms with Crippen molar-refractivity contribution in [1.82, 2.24) is 0 Å². The van der Waals surface area contributed by atoms with Crippen LogP contribution in [0.15, 0.2) is 28.7 Å². The zero-order valence-electron chi connectivity index (χ0n) is 9.01. The fourth-order valence-corrected chi connectivity index (χ4v) is 3.08. The lowest BCUT2D eigenvalue weighted by Crippen LogP contribution is -2.25. The van der Waals surface area contributed by atoms with Crippen molar-refractivity contribution >= 4 is 15.9 Å². The van der Waals surface area contributed by atoms with Gasteiger partial charge >= 0.3 is 0 Å². The Morgan fingerprint density at radius 2 is 1.73 bits per heavy atom. The summed E-state index contributed by atoms with van der Waals surface area (Å²) >= 11 is 3.49. The van der Waals surface area contributed by atoms with E-state index in [1.165, 1.54) is 31.2 Å². The molecule has 2 heteroatoms. The quantitative estimate of drug-likeness (QED) is 0.890. The minimum absolute atomic E-state index is 0.384. The fraction of sp³-hybridized carbons (Fsp3) is 0.538. The van der Waals surface area contributed by atoms with E-state index < -0.39 is 0 Å². The van der Waals surface area contributed by atoms with Crippen LogP contribution >= 0.6 is 15.9 Å². The van der Waals surface area contributed by atoms with Gasteiger partial charge in [-0.3, -0.25) is 0 Å². The van der Waals surface area contributed by atoms with Gasteiger partial charge in [0.2, 0.25) is 0 Å². The van der Waals surface area contributed by atoms with Crippen LogP contribution in [0.4, 0.5) is 0 Å². The summed E-state index contributed by atoms with van der Waals surface area (Å²) in [6, 6.07) is 8.80. The molecule has 0 spiro atoms. The molecule has 0 bridgehead atoms. The third-order valence-electron chi connectivity index (χ3n) is 3.64. The summed E-state index contributed by atoms with van der Waals surface area (Å²) in [6.07, 6.45) is 6.47. The standard InChI is InChI=1S/C13H18BrN/c14-12-5-3-11(4-6-12)13(9-10-15)7-1-2-8-13/h3-6H,1-2,7-10,15H2. The molecule has 15 heavy (non-hydrogen) atoms. The van der Waals surface area contributed by atoms with E-state index in [1.54, 1.807) is 0 Å². The van der Waals surface area contributed by atoms with Gasteiger partial charge in [0.25, 0.3) is 0 Å². The van der Waals surface area contributed by atoms with Gasteiger partial charge in [0.05, 0.1) is 0 Å². The summed E-state index contributed by atoms with van der Waals surface area (Å²) in [5.74, 6) is 0. The summed E-state index contributed by atoms with van der Waals surface area (Å²) in [5.41, 5.74) is 7.62. The lowest BCUT2D eigenvalue weighted by Gasteiger charge is -2.29. The van der Waals surface area contributed by atoms with Gasteiger partial charge in [-0.1, -0.05) is 40.9 Å². The molecule has 0 aliphatic heterocycles. The Morgan fingerprint density at radius 3 is 2.27 bits per heavy atom. The van der Waals surface area contributed by atoms with Gasteiger partial charge < -0.3 is 5.73 Å². The summed E-state index contributed by atoms with van der Waals surface area (Å²) in [4.78, 5) is 0. The Morgan fingerprint density at radius 1 is 1.13 bits per heavy atom. The lowest BCUT2D eigenvalue weighted by molar-refractivity contribution is 0.412. The maximum Gasteiger partial charge on any atom is 0.0175 e. The minimum Gasteiger partial charge on any atom is -0.330 e. The Kier molecular flexibility index (Phi) is 3.47. The number of benzene rings is 1. The SMILES string of the molecule is NCCC1(c2ccc(Br)cc2)CCCC1. The Labute approximate surface area is 100 Å².